The molecule has 0 aliphatic carbocycles. The van der Waals surface area contributed by atoms with Crippen molar-refractivity contribution in [2.45, 2.75) is 39.4 Å². The van der Waals surface area contributed by atoms with Crippen molar-refractivity contribution in [3.05, 3.63) is 81.6 Å². The van der Waals surface area contributed by atoms with Crippen molar-refractivity contribution in [1.29, 1.82) is 0 Å². The van der Waals surface area contributed by atoms with Gasteiger partial charge in [0.2, 0.25) is 0 Å². The van der Waals surface area contributed by atoms with E-state index in [2.05, 4.69) is 9.88 Å². The minimum absolute atomic E-state index is 0.106. The fourth-order valence-electron chi connectivity index (χ4n) is 4.42. The Morgan fingerprint density at radius 2 is 1.65 bits per heavy atom. The van der Waals surface area contributed by atoms with Crippen LogP contribution in [0.25, 0.3) is 0 Å². The van der Waals surface area contributed by atoms with Crippen LogP contribution < -0.4 is 4.74 Å². The molecule has 0 radical (unpaired) electrons. The topological polar surface area (TPSA) is 72.0 Å². The Hall–Kier alpha value is -3.30. The molecule has 0 N–H and O–H groups in total. The average Bonchev–Trinajstić information content (AvgIpc) is 3.38. The van der Waals surface area contributed by atoms with Crippen molar-refractivity contribution in [3.63, 3.8) is 0 Å². The fraction of sp³-hybridized carbons (Fsp3) is 0.393. The molecule has 1 aliphatic heterocycles. The van der Waals surface area contributed by atoms with Crippen LogP contribution in [0.1, 0.15) is 46.4 Å². The van der Waals surface area contributed by atoms with E-state index in [9.17, 15) is 14.0 Å². The molecular weight excluding hydrogens is 493 g/mol. The number of carbonyl (C=O) groups is 2. The maximum atomic E-state index is 13.4. The van der Waals surface area contributed by atoms with Gasteiger partial charge in [0.05, 0.1) is 26.2 Å². The number of halogens is 1. The summed E-state index contributed by atoms with van der Waals surface area (Å²) in [7, 11) is 1.64. The zero-order chi connectivity index (χ0) is 26.2. The predicted octanol–water partition coefficient (Wildman–Crippen LogP) is 4.91. The predicted molar refractivity (Wildman–Crippen MR) is 140 cm³/mol. The van der Waals surface area contributed by atoms with E-state index in [1.165, 1.54) is 23.5 Å². The Balaban J connectivity index is 1.41. The molecule has 0 bridgehead atoms. The van der Waals surface area contributed by atoms with E-state index in [1.54, 1.807) is 36.4 Å². The molecule has 0 spiro atoms. The monoisotopic (exact) mass is 525 g/mol. The summed E-state index contributed by atoms with van der Waals surface area (Å²) in [5.41, 5.74) is 2.54. The van der Waals surface area contributed by atoms with Crippen LogP contribution in [0.3, 0.4) is 0 Å². The minimum atomic E-state index is -0.264. The highest BCUT2D eigenvalue weighted by molar-refractivity contribution is 7.09. The van der Waals surface area contributed by atoms with Gasteiger partial charge in [-0.05, 0) is 55.2 Å². The summed E-state index contributed by atoms with van der Waals surface area (Å²) in [6, 6.07) is 14.4. The summed E-state index contributed by atoms with van der Waals surface area (Å²) in [4.78, 5) is 33.7. The number of hydrogen-bond acceptors (Lipinski definition) is 7. The molecular formula is C28H32FN3O4S. The number of methoxy groups -OCH3 is 1. The number of likely N-dealkylation sites (tertiary alicyclic amines) is 1. The number of amides is 1. The highest BCUT2D eigenvalue weighted by Gasteiger charge is 2.29. The molecule has 0 unspecified atom stereocenters. The molecule has 9 heteroatoms. The molecule has 0 atom stereocenters. The summed E-state index contributed by atoms with van der Waals surface area (Å²) in [6.07, 6.45) is 1.21. The molecule has 7 nitrogen and oxygen atoms in total. The van der Waals surface area contributed by atoms with Crippen LogP contribution >= 0.6 is 11.3 Å². The molecule has 1 aromatic heterocycles. The van der Waals surface area contributed by atoms with Gasteiger partial charge in [-0.3, -0.25) is 14.5 Å². The lowest BCUT2D eigenvalue weighted by Crippen LogP contribution is -2.40. The summed E-state index contributed by atoms with van der Waals surface area (Å²) < 4.78 is 23.8. The standard InChI is InChI=1S/C28H32FN3O4S/c1-3-36-28(34)22-12-14-32(15-13-22)27(33)25-19-37-26(30-25)18-31(16-20-4-8-23(29)9-5-20)17-21-6-10-24(35-2)11-7-21/h4-11,19,22H,3,12-18H2,1-2H3. The lowest BCUT2D eigenvalue weighted by molar-refractivity contribution is -0.149. The zero-order valence-electron chi connectivity index (χ0n) is 21.2. The molecule has 196 valence electrons. The van der Waals surface area contributed by atoms with Gasteiger partial charge >= 0.3 is 5.97 Å². The van der Waals surface area contributed by atoms with E-state index in [0.717, 1.165) is 21.9 Å². The van der Waals surface area contributed by atoms with Crippen molar-refractivity contribution in [2.24, 2.45) is 5.92 Å². The first-order valence-electron chi connectivity index (χ1n) is 12.4. The van der Waals surface area contributed by atoms with Crippen molar-refractivity contribution < 1.29 is 23.5 Å². The number of carbonyl (C=O) groups excluding carboxylic acids is 2. The zero-order valence-corrected chi connectivity index (χ0v) is 22.0. The number of esters is 1. The molecule has 2 aromatic carbocycles. The molecule has 37 heavy (non-hydrogen) atoms. The van der Waals surface area contributed by atoms with Gasteiger partial charge in [0.25, 0.3) is 5.91 Å². The van der Waals surface area contributed by atoms with Gasteiger partial charge in [0.1, 0.15) is 22.3 Å². The van der Waals surface area contributed by atoms with Gasteiger partial charge in [-0.1, -0.05) is 24.3 Å². The molecule has 0 saturated carbocycles. The highest BCUT2D eigenvalue weighted by atomic mass is 32.1. The quantitative estimate of drug-likeness (QED) is 0.351. The van der Waals surface area contributed by atoms with E-state index in [1.807, 2.05) is 24.3 Å². The number of ether oxygens (including phenoxy) is 2. The minimum Gasteiger partial charge on any atom is -0.497 e. The summed E-state index contributed by atoms with van der Waals surface area (Å²) >= 11 is 1.46. The van der Waals surface area contributed by atoms with Gasteiger partial charge < -0.3 is 14.4 Å². The van der Waals surface area contributed by atoms with E-state index in [-0.39, 0.29) is 23.6 Å². The number of piperidine rings is 1. The molecule has 1 fully saturated rings. The molecule has 2 heterocycles. The summed E-state index contributed by atoms with van der Waals surface area (Å²) in [6.45, 7) is 5.02. The van der Waals surface area contributed by atoms with Crippen molar-refractivity contribution in [2.75, 3.05) is 26.8 Å². The van der Waals surface area contributed by atoms with Gasteiger partial charge in [0.15, 0.2) is 0 Å². The van der Waals surface area contributed by atoms with Crippen LogP contribution in [0.4, 0.5) is 4.39 Å². The lowest BCUT2D eigenvalue weighted by atomic mass is 9.97. The van der Waals surface area contributed by atoms with Crippen LogP contribution in [0.2, 0.25) is 0 Å². The molecule has 1 amide bonds. The Morgan fingerprint density at radius 1 is 1.03 bits per heavy atom. The van der Waals surface area contributed by atoms with Crippen molar-refractivity contribution in [3.8, 4) is 5.75 Å². The maximum Gasteiger partial charge on any atom is 0.309 e. The van der Waals surface area contributed by atoms with Gasteiger partial charge in [-0.15, -0.1) is 11.3 Å². The van der Waals surface area contributed by atoms with Crippen LogP contribution in [-0.4, -0.2) is 53.5 Å². The number of nitrogens with zero attached hydrogens (tertiary/aromatic N) is 3. The first kappa shape index (κ1) is 26.8. The van der Waals surface area contributed by atoms with Gasteiger partial charge in [-0.2, -0.15) is 0 Å². The summed E-state index contributed by atoms with van der Waals surface area (Å²) in [5.74, 6) is 0.102. The van der Waals surface area contributed by atoms with Gasteiger partial charge in [-0.25, -0.2) is 9.37 Å². The molecule has 1 saturated heterocycles. The number of hydrogen-bond donors (Lipinski definition) is 0. The Bertz CT molecular complexity index is 1170. The van der Waals surface area contributed by atoms with Crippen molar-refractivity contribution in [1.82, 2.24) is 14.8 Å². The third-order valence-electron chi connectivity index (χ3n) is 6.42. The Labute approximate surface area is 220 Å². The number of benzene rings is 2. The third kappa shape index (κ3) is 7.36. The SMILES string of the molecule is CCOC(=O)C1CCN(C(=O)c2csc(CN(Cc3ccc(F)cc3)Cc3ccc(OC)cc3)n2)CC1. The second-order valence-electron chi connectivity index (χ2n) is 9.06. The molecule has 4 rings (SSSR count). The van der Waals surface area contributed by atoms with Crippen LogP contribution in [0, 0.1) is 11.7 Å². The first-order valence-corrected chi connectivity index (χ1v) is 13.3. The maximum absolute atomic E-state index is 13.4. The van der Waals surface area contributed by atoms with Crippen LogP contribution in [-0.2, 0) is 29.2 Å². The number of thiazole rings is 1. The molecule has 1 aliphatic rings. The first-order chi connectivity index (χ1) is 17.9. The Morgan fingerprint density at radius 3 is 2.24 bits per heavy atom. The van der Waals surface area contributed by atoms with E-state index < -0.39 is 0 Å². The van der Waals surface area contributed by atoms with Gasteiger partial charge in [0, 0.05) is 31.6 Å². The number of aromatic nitrogens is 1. The van der Waals surface area contributed by atoms with Crippen LogP contribution in [0.15, 0.2) is 53.9 Å². The smallest absolute Gasteiger partial charge is 0.309 e. The Kier molecular flexibility index (Phi) is 9.24. The normalized spacial score (nSPS) is 14.1. The summed E-state index contributed by atoms with van der Waals surface area (Å²) in [5, 5.41) is 2.64. The highest BCUT2D eigenvalue weighted by Crippen LogP contribution is 2.23. The second-order valence-corrected chi connectivity index (χ2v) is 10.0. The lowest BCUT2D eigenvalue weighted by Gasteiger charge is -2.30. The van der Waals surface area contributed by atoms with E-state index in [0.29, 0.717) is 57.9 Å². The second kappa shape index (κ2) is 12.8. The van der Waals surface area contributed by atoms with Crippen molar-refractivity contribution >= 4 is 23.2 Å². The number of rotatable bonds is 10. The molecule has 3 aromatic rings. The van der Waals surface area contributed by atoms with E-state index >= 15 is 0 Å². The largest absolute Gasteiger partial charge is 0.497 e. The van der Waals surface area contributed by atoms with Crippen LogP contribution in [0.5, 0.6) is 5.75 Å². The fourth-order valence-corrected chi connectivity index (χ4v) is 5.23. The third-order valence-corrected chi connectivity index (χ3v) is 7.25. The van der Waals surface area contributed by atoms with E-state index in [4.69, 9.17) is 9.47 Å². The average molecular weight is 526 g/mol.